The summed E-state index contributed by atoms with van der Waals surface area (Å²) in [4.78, 5) is 15.2. The molecular weight excluding hydrogens is 435 g/mol. The van der Waals surface area contributed by atoms with Gasteiger partial charge in [-0.3, -0.25) is 4.79 Å². The summed E-state index contributed by atoms with van der Waals surface area (Å²) >= 11 is 7.73. The summed E-state index contributed by atoms with van der Waals surface area (Å²) in [6.45, 7) is 1.20. The van der Waals surface area contributed by atoms with E-state index < -0.39 is 20.7 Å². The number of nitrogens with zero attached hydrogens (tertiary/aromatic N) is 2. The van der Waals surface area contributed by atoms with Gasteiger partial charge in [-0.15, -0.1) is 11.8 Å². The number of fused-ring (bicyclic) bond motifs is 1. The fourth-order valence-corrected chi connectivity index (χ4v) is 6.38. The van der Waals surface area contributed by atoms with Crippen LogP contribution in [0.2, 0.25) is 5.02 Å². The maximum Gasteiger partial charge on any atom is 0.258 e. The SMILES string of the molecule is O=C(c1ccc(F)c(S(=O)(=O)N2CCCCC2)c1)N1CCSc2ccc(Cl)cc21. The van der Waals surface area contributed by atoms with E-state index in [9.17, 15) is 17.6 Å². The summed E-state index contributed by atoms with van der Waals surface area (Å²) in [6.07, 6.45) is 2.47. The molecule has 4 rings (SSSR count). The van der Waals surface area contributed by atoms with Crippen molar-refractivity contribution in [2.24, 2.45) is 0 Å². The van der Waals surface area contributed by atoms with E-state index in [1.54, 1.807) is 28.8 Å². The van der Waals surface area contributed by atoms with Crippen molar-refractivity contribution in [2.75, 3.05) is 30.3 Å². The number of hydrogen-bond acceptors (Lipinski definition) is 4. The molecule has 2 aromatic carbocycles. The van der Waals surface area contributed by atoms with E-state index in [0.29, 0.717) is 36.1 Å². The first-order valence-electron chi connectivity index (χ1n) is 9.42. The van der Waals surface area contributed by atoms with Gasteiger partial charge in [-0.1, -0.05) is 18.0 Å². The molecule has 0 atom stereocenters. The second kappa shape index (κ2) is 8.26. The molecule has 2 aliphatic rings. The van der Waals surface area contributed by atoms with Crippen LogP contribution in [0.5, 0.6) is 0 Å². The monoisotopic (exact) mass is 454 g/mol. The Balaban J connectivity index is 1.70. The van der Waals surface area contributed by atoms with E-state index in [0.717, 1.165) is 36.3 Å². The van der Waals surface area contributed by atoms with Gasteiger partial charge < -0.3 is 4.90 Å². The average molecular weight is 455 g/mol. The fourth-order valence-electron chi connectivity index (χ4n) is 3.64. The molecule has 1 saturated heterocycles. The number of carbonyl (C=O) groups is 1. The van der Waals surface area contributed by atoms with Gasteiger partial charge in [-0.2, -0.15) is 4.31 Å². The van der Waals surface area contributed by atoms with Crippen LogP contribution >= 0.6 is 23.4 Å². The van der Waals surface area contributed by atoms with Crippen molar-refractivity contribution < 1.29 is 17.6 Å². The summed E-state index contributed by atoms with van der Waals surface area (Å²) in [5, 5.41) is 0.511. The summed E-state index contributed by atoms with van der Waals surface area (Å²) in [5.41, 5.74) is 0.823. The topological polar surface area (TPSA) is 57.7 Å². The maximum atomic E-state index is 14.5. The Morgan fingerprint density at radius 3 is 2.55 bits per heavy atom. The number of halogens is 2. The van der Waals surface area contributed by atoms with E-state index in [4.69, 9.17) is 11.6 Å². The van der Waals surface area contributed by atoms with E-state index >= 15 is 0 Å². The molecule has 0 radical (unpaired) electrons. The Bertz CT molecular complexity index is 1060. The highest BCUT2D eigenvalue weighted by Crippen LogP contribution is 2.37. The number of benzene rings is 2. The van der Waals surface area contributed by atoms with Gasteiger partial charge in [0.15, 0.2) is 0 Å². The van der Waals surface area contributed by atoms with Crippen LogP contribution in [0.25, 0.3) is 0 Å². The molecule has 2 aromatic rings. The molecule has 0 aliphatic carbocycles. The third-order valence-electron chi connectivity index (χ3n) is 5.14. The molecule has 0 aromatic heterocycles. The zero-order valence-corrected chi connectivity index (χ0v) is 18.0. The third-order valence-corrected chi connectivity index (χ3v) is 8.33. The molecule has 0 bridgehead atoms. The van der Waals surface area contributed by atoms with Crippen LogP contribution in [0.3, 0.4) is 0 Å². The summed E-state index contributed by atoms with van der Waals surface area (Å²) in [7, 11) is -3.98. The second-order valence-corrected chi connectivity index (χ2v) is 10.5. The zero-order valence-electron chi connectivity index (χ0n) is 15.6. The Hall–Kier alpha value is -1.61. The minimum atomic E-state index is -3.98. The predicted molar refractivity (Wildman–Crippen MR) is 113 cm³/mol. The number of rotatable bonds is 3. The molecule has 0 unspecified atom stereocenters. The molecule has 2 aliphatic heterocycles. The summed E-state index contributed by atoms with van der Waals surface area (Å²) in [5.74, 6) is -0.505. The van der Waals surface area contributed by atoms with Crippen LogP contribution < -0.4 is 4.90 Å². The van der Waals surface area contributed by atoms with E-state index in [2.05, 4.69) is 0 Å². The Kier molecular flexibility index (Phi) is 5.88. The van der Waals surface area contributed by atoms with Crippen LogP contribution in [0, 0.1) is 5.82 Å². The average Bonchev–Trinajstić information content (AvgIpc) is 2.73. The first-order chi connectivity index (χ1) is 13.9. The molecule has 29 heavy (non-hydrogen) atoms. The number of sulfonamides is 1. The van der Waals surface area contributed by atoms with Gasteiger partial charge >= 0.3 is 0 Å². The molecule has 0 saturated carbocycles. The first-order valence-corrected chi connectivity index (χ1v) is 12.2. The van der Waals surface area contributed by atoms with Crippen LogP contribution in [0.15, 0.2) is 46.2 Å². The highest BCUT2D eigenvalue weighted by Gasteiger charge is 2.31. The number of thioether (sulfide) groups is 1. The van der Waals surface area contributed by atoms with Crippen molar-refractivity contribution in [3.63, 3.8) is 0 Å². The minimum absolute atomic E-state index is 0.139. The molecule has 0 spiro atoms. The normalized spacial score (nSPS) is 17.8. The third kappa shape index (κ3) is 4.03. The molecular formula is C20H20ClFN2O3S2. The van der Waals surface area contributed by atoms with Crippen molar-refractivity contribution in [3.8, 4) is 0 Å². The lowest BCUT2D eigenvalue weighted by molar-refractivity contribution is 0.0987. The van der Waals surface area contributed by atoms with Crippen molar-refractivity contribution in [1.82, 2.24) is 4.31 Å². The zero-order chi connectivity index (χ0) is 20.6. The quantitative estimate of drug-likeness (QED) is 0.689. The van der Waals surface area contributed by atoms with Gasteiger partial charge in [-0.05, 0) is 49.2 Å². The van der Waals surface area contributed by atoms with Crippen molar-refractivity contribution >= 4 is 45.0 Å². The molecule has 2 heterocycles. The van der Waals surface area contributed by atoms with Gasteiger partial charge in [0, 0.05) is 40.9 Å². The van der Waals surface area contributed by atoms with Crippen molar-refractivity contribution in [3.05, 3.63) is 52.8 Å². The molecule has 0 N–H and O–H groups in total. The lowest BCUT2D eigenvalue weighted by Gasteiger charge is -2.29. The van der Waals surface area contributed by atoms with Crippen LogP contribution in [0.1, 0.15) is 29.6 Å². The van der Waals surface area contributed by atoms with E-state index in [1.165, 1.54) is 10.4 Å². The first kappa shape index (κ1) is 20.7. The predicted octanol–water partition coefficient (Wildman–Crippen LogP) is 4.41. The number of carbonyl (C=O) groups excluding carboxylic acids is 1. The number of anilines is 1. The lowest BCUT2D eigenvalue weighted by atomic mass is 10.1. The Labute approximate surface area is 178 Å². The van der Waals surface area contributed by atoms with Gasteiger partial charge in [-0.25, -0.2) is 12.8 Å². The van der Waals surface area contributed by atoms with Crippen LogP contribution in [-0.2, 0) is 10.0 Å². The van der Waals surface area contributed by atoms with E-state index in [1.807, 2.05) is 6.07 Å². The molecule has 154 valence electrons. The van der Waals surface area contributed by atoms with E-state index in [-0.39, 0.29) is 11.5 Å². The van der Waals surface area contributed by atoms with Gasteiger partial charge in [0.1, 0.15) is 10.7 Å². The maximum absolute atomic E-state index is 14.5. The highest BCUT2D eigenvalue weighted by molar-refractivity contribution is 7.99. The Morgan fingerprint density at radius 2 is 1.79 bits per heavy atom. The standard InChI is InChI=1S/C20H20ClFN2O3S2/c21-15-5-7-18-17(13-15)24(10-11-28-18)20(25)14-4-6-16(22)19(12-14)29(26,27)23-8-2-1-3-9-23/h4-7,12-13H,1-3,8-11H2. The van der Waals surface area contributed by atoms with Gasteiger partial charge in [0.05, 0.1) is 5.69 Å². The summed E-state index contributed by atoms with van der Waals surface area (Å²) in [6, 6.07) is 8.89. The number of hydrogen-bond donors (Lipinski definition) is 0. The van der Waals surface area contributed by atoms with Crippen LogP contribution in [-0.4, -0.2) is 44.0 Å². The van der Waals surface area contributed by atoms with Crippen molar-refractivity contribution in [1.29, 1.82) is 0 Å². The van der Waals surface area contributed by atoms with Crippen LogP contribution in [0.4, 0.5) is 10.1 Å². The lowest BCUT2D eigenvalue weighted by Crippen LogP contribution is -2.37. The summed E-state index contributed by atoms with van der Waals surface area (Å²) < 4.78 is 41.7. The molecule has 1 amide bonds. The smallest absolute Gasteiger partial charge is 0.258 e. The van der Waals surface area contributed by atoms with Crippen molar-refractivity contribution in [2.45, 2.75) is 29.1 Å². The highest BCUT2D eigenvalue weighted by atomic mass is 35.5. The largest absolute Gasteiger partial charge is 0.306 e. The number of amides is 1. The van der Waals surface area contributed by atoms with Gasteiger partial charge in [0.25, 0.3) is 5.91 Å². The van der Waals surface area contributed by atoms with Gasteiger partial charge in [0.2, 0.25) is 10.0 Å². The molecule has 9 heteroatoms. The number of piperidine rings is 1. The minimum Gasteiger partial charge on any atom is -0.306 e. The molecule has 5 nitrogen and oxygen atoms in total. The molecule has 1 fully saturated rings. The fraction of sp³-hybridized carbons (Fsp3) is 0.350. The Morgan fingerprint density at radius 1 is 1.03 bits per heavy atom. The second-order valence-electron chi connectivity index (χ2n) is 7.03.